The number of hydrogen-bond donors (Lipinski definition) is 1. The van der Waals surface area contributed by atoms with Gasteiger partial charge in [-0.25, -0.2) is 0 Å². The number of anilines is 1. The molecule has 0 unspecified atom stereocenters. The van der Waals surface area contributed by atoms with Crippen LogP contribution >= 0.6 is 15.9 Å². The Balaban J connectivity index is 2.09. The average Bonchev–Trinajstić information content (AvgIpc) is 2.46. The van der Waals surface area contributed by atoms with Crippen molar-refractivity contribution in [2.45, 2.75) is 13.5 Å². The van der Waals surface area contributed by atoms with Crippen molar-refractivity contribution >= 4 is 27.3 Å². The summed E-state index contributed by atoms with van der Waals surface area (Å²) in [5.74, 6) is 0.845. The molecule has 0 amide bonds. The highest BCUT2D eigenvalue weighted by atomic mass is 79.9. The van der Waals surface area contributed by atoms with Crippen LogP contribution in [0.25, 0.3) is 0 Å². The Kier molecular flexibility index (Phi) is 4.80. The third kappa shape index (κ3) is 3.72. The van der Waals surface area contributed by atoms with E-state index in [-0.39, 0.29) is 5.69 Å². The number of halogens is 1. The highest BCUT2D eigenvalue weighted by molar-refractivity contribution is 9.10. The van der Waals surface area contributed by atoms with E-state index >= 15 is 0 Å². The standard InChI is InChI=1S/C15H15BrN2O3/c1-10-7-12(4-6-15(10)21-2)17-9-11-3-5-13(18(19)20)8-14(11)16/h3-8,17H,9H2,1-2H3. The van der Waals surface area contributed by atoms with Gasteiger partial charge in [-0.05, 0) is 42.3 Å². The van der Waals surface area contributed by atoms with Gasteiger partial charge in [0, 0.05) is 28.8 Å². The number of non-ortho nitro benzene ring substituents is 1. The molecule has 5 nitrogen and oxygen atoms in total. The average molecular weight is 351 g/mol. The van der Waals surface area contributed by atoms with Gasteiger partial charge in [0.05, 0.1) is 12.0 Å². The molecule has 0 saturated carbocycles. The van der Waals surface area contributed by atoms with Crippen LogP contribution in [0, 0.1) is 17.0 Å². The van der Waals surface area contributed by atoms with E-state index < -0.39 is 4.92 Å². The Hall–Kier alpha value is -2.08. The Morgan fingerprint density at radius 1 is 1.29 bits per heavy atom. The van der Waals surface area contributed by atoms with Crippen LogP contribution in [0.5, 0.6) is 5.75 Å². The van der Waals surface area contributed by atoms with Crippen LogP contribution < -0.4 is 10.1 Å². The van der Waals surface area contributed by atoms with Crippen molar-refractivity contribution in [3.8, 4) is 5.75 Å². The van der Waals surface area contributed by atoms with Crippen LogP contribution in [-0.4, -0.2) is 12.0 Å². The number of hydrogen-bond acceptors (Lipinski definition) is 4. The summed E-state index contributed by atoms with van der Waals surface area (Å²) >= 11 is 3.36. The molecule has 0 aliphatic rings. The van der Waals surface area contributed by atoms with Crippen molar-refractivity contribution in [3.05, 3.63) is 62.1 Å². The maximum Gasteiger partial charge on any atom is 0.270 e. The molecule has 21 heavy (non-hydrogen) atoms. The molecule has 0 radical (unpaired) electrons. The SMILES string of the molecule is COc1ccc(NCc2ccc([N+](=O)[O-])cc2Br)cc1C. The maximum atomic E-state index is 10.7. The Labute approximate surface area is 131 Å². The molecule has 2 aromatic rings. The minimum absolute atomic E-state index is 0.0749. The molecule has 0 aliphatic carbocycles. The summed E-state index contributed by atoms with van der Waals surface area (Å²) < 4.78 is 5.94. The molecule has 0 aromatic heterocycles. The van der Waals surface area contributed by atoms with Crippen LogP contribution in [0.15, 0.2) is 40.9 Å². The van der Waals surface area contributed by atoms with Crippen molar-refractivity contribution < 1.29 is 9.66 Å². The number of rotatable bonds is 5. The van der Waals surface area contributed by atoms with Gasteiger partial charge in [0.2, 0.25) is 0 Å². The number of nitrogens with zero attached hydrogens (tertiary/aromatic N) is 1. The van der Waals surface area contributed by atoms with Crippen molar-refractivity contribution in [1.29, 1.82) is 0 Å². The van der Waals surface area contributed by atoms with E-state index in [0.717, 1.165) is 27.0 Å². The highest BCUT2D eigenvalue weighted by Crippen LogP contribution is 2.25. The quantitative estimate of drug-likeness (QED) is 0.645. The van der Waals surface area contributed by atoms with Crippen molar-refractivity contribution in [2.24, 2.45) is 0 Å². The number of aryl methyl sites for hydroxylation is 1. The van der Waals surface area contributed by atoms with Gasteiger partial charge in [0.1, 0.15) is 5.75 Å². The maximum absolute atomic E-state index is 10.7. The first-order chi connectivity index (χ1) is 10.0. The fraction of sp³-hybridized carbons (Fsp3) is 0.200. The summed E-state index contributed by atoms with van der Waals surface area (Å²) in [5.41, 5.74) is 3.05. The highest BCUT2D eigenvalue weighted by Gasteiger charge is 2.09. The Morgan fingerprint density at radius 3 is 2.62 bits per heavy atom. The van der Waals surface area contributed by atoms with Gasteiger partial charge in [-0.2, -0.15) is 0 Å². The zero-order valence-electron chi connectivity index (χ0n) is 11.7. The van der Waals surface area contributed by atoms with E-state index in [2.05, 4.69) is 21.2 Å². The minimum Gasteiger partial charge on any atom is -0.496 e. The number of ether oxygens (including phenoxy) is 1. The number of nitrogens with one attached hydrogen (secondary N) is 1. The first-order valence-corrected chi connectivity index (χ1v) is 7.12. The smallest absolute Gasteiger partial charge is 0.270 e. The van der Waals surface area contributed by atoms with E-state index in [9.17, 15) is 10.1 Å². The molecular weight excluding hydrogens is 336 g/mol. The molecule has 0 bridgehead atoms. The lowest BCUT2D eigenvalue weighted by Gasteiger charge is -2.11. The van der Waals surface area contributed by atoms with Crippen LogP contribution in [0.2, 0.25) is 0 Å². The molecular formula is C15H15BrN2O3. The van der Waals surface area contributed by atoms with E-state index in [0.29, 0.717) is 6.54 Å². The molecule has 0 heterocycles. The lowest BCUT2D eigenvalue weighted by Crippen LogP contribution is -2.01. The van der Waals surface area contributed by atoms with Crippen molar-refractivity contribution in [3.63, 3.8) is 0 Å². The Morgan fingerprint density at radius 2 is 2.05 bits per heavy atom. The summed E-state index contributed by atoms with van der Waals surface area (Å²) in [6.07, 6.45) is 0. The number of benzene rings is 2. The zero-order valence-corrected chi connectivity index (χ0v) is 13.3. The largest absolute Gasteiger partial charge is 0.496 e. The lowest BCUT2D eigenvalue weighted by atomic mass is 10.1. The minimum atomic E-state index is -0.408. The first-order valence-electron chi connectivity index (χ1n) is 6.32. The monoisotopic (exact) mass is 350 g/mol. The van der Waals surface area contributed by atoms with E-state index in [1.807, 2.05) is 25.1 Å². The molecule has 0 aliphatic heterocycles. The van der Waals surface area contributed by atoms with Crippen molar-refractivity contribution in [1.82, 2.24) is 0 Å². The van der Waals surface area contributed by atoms with Gasteiger partial charge in [-0.3, -0.25) is 10.1 Å². The second kappa shape index (κ2) is 6.58. The predicted molar refractivity (Wildman–Crippen MR) is 85.9 cm³/mol. The van der Waals surface area contributed by atoms with Gasteiger partial charge < -0.3 is 10.1 Å². The van der Waals surface area contributed by atoms with E-state index in [1.54, 1.807) is 13.2 Å². The molecule has 6 heteroatoms. The third-order valence-corrected chi connectivity index (χ3v) is 3.86. The number of nitro benzene ring substituents is 1. The molecule has 1 N–H and O–H groups in total. The topological polar surface area (TPSA) is 64.4 Å². The summed E-state index contributed by atoms with van der Waals surface area (Å²) in [6.45, 7) is 2.55. The molecule has 2 rings (SSSR count). The molecule has 0 fully saturated rings. The molecule has 0 saturated heterocycles. The Bertz CT molecular complexity index is 674. The van der Waals surface area contributed by atoms with Gasteiger partial charge in [-0.1, -0.05) is 15.9 Å². The van der Waals surface area contributed by atoms with Crippen LogP contribution in [0.1, 0.15) is 11.1 Å². The van der Waals surface area contributed by atoms with Crippen LogP contribution in [-0.2, 0) is 6.54 Å². The van der Waals surface area contributed by atoms with Gasteiger partial charge in [0.15, 0.2) is 0 Å². The first kappa shape index (κ1) is 15.3. The normalized spacial score (nSPS) is 10.2. The summed E-state index contributed by atoms with van der Waals surface area (Å²) in [7, 11) is 1.64. The van der Waals surface area contributed by atoms with E-state index in [4.69, 9.17) is 4.74 Å². The summed E-state index contributed by atoms with van der Waals surface area (Å²) in [5, 5.41) is 14.0. The predicted octanol–water partition coefficient (Wildman–Crippen LogP) is 4.29. The molecule has 0 spiro atoms. The summed E-state index contributed by atoms with van der Waals surface area (Å²) in [6, 6.07) is 10.6. The number of nitro groups is 1. The molecule has 110 valence electrons. The third-order valence-electron chi connectivity index (χ3n) is 3.13. The van der Waals surface area contributed by atoms with Gasteiger partial charge in [0.25, 0.3) is 5.69 Å². The van der Waals surface area contributed by atoms with Gasteiger partial charge >= 0.3 is 0 Å². The fourth-order valence-corrected chi connectivity index (χ4v) is 2.49. The van der Waals surface area contributed by atoms with Crippen molar-refractivity contribution in [2.75, 3.05) is 12.4 Å². The zero-order chi connectivity index (χ0) is 15.4. The fourth-order valence-electron chi connectivity index (χ4n) is 1.98. The van der Waals surface area contributed by atoms with Crippen LogP contribution in [0.4, 0.5) is 11.4 Å². The van der Waals surface area contributed by atoms with E-state index in [1.165, 1.54) is 12.1 Å². The molecule has 2 aromatic carbocycles. The number of methoxy groups -OCH3 is 1. The second-order valence-corrected chi connectivity index (χ2v) is 5.43. The second-order valence-electron chi connectivity index (χ2n) is 4.57. The molecule has 0 atom stereocenters. The lowest BCUT2D eigenvalue weighted by molar-refractivity contribution is -0.384. The summed E-state index contributed by atoms with van der Waals surface area (Å²) in [4.78, 5) is 10.3. The van der Waals surface area contributed by atoms with Gasteiger partial charge in [-0.15, -0.1) is 0 Å². The van der Waals surface area contributed by atoms with Crippen LogP contribution in [0.3, 0.4) is 0 Å².